The third-order valence-corrected chi connectivity index (χ3v) is 5.20. The molecule has 1 aliphatic heterocycles. The Morgan fingerprint density at radius 1 is 1.35 bits per heavy atom. The minimum atomic E-state index is 0.235. The van der Waals surface area contributed by atoms with Gasteiger partial charge in [-0.15, -0.1) is 0 Å². The van der Waals surface area contributed by atoms with E-state index in [4.69, 9.17) is 0 Å². The van der Waals surface area contributed by atoms with Crippen LogP contribution in [0.1, 0.15) is 31.7 Å². The molecule has 1 saturated carbocycles. The van der Waals surface area contributed by atoms with Crippen LogP contribution in [0.2, 0.25) is 0 Å². The molecule has 2 fully saturated rings. The summed E-state index contributed by atoms with van der Waals surface area (Å²) in [4.78, 5) is 2.34. The normalized spacial score (nSPS) is 26.2. The van der Waals surface area contributed by atoms with Gasteiger partial charge in [-0.05, 0) is 58.8 Å². The fourth-order valence-corrected chi connectivity index (χ4v) is 3.68. The molecule has 3 nitrogen and oxygen atoms in total. The average Bonchev–Trinajstić information content (AvgIpc) is 3.19. The zero-order valence-corrected chi connectivity index (χ0v) is 13.6. The van der Waals surface area contributed by atoms with Gasteiger partial charge >= 0.3 is 0 Å². The van der Waals surface area contributed by atoms with Gasteiger partial charge in [0.1, 0.15) is 0 Å². The Balaban J connectivity index is 1.72. The van der Waals surface area contributed by atoms with Crippen molar-refractivity contribution in [3.05, 3.63) is 28.2 Å². The lowest BCUT2D eigenvalue weighted by Gasteiger charge is -2.28. The van der Waals surface area contributed by atoms with Crippen molar-refractivity contribution < 1.29 is 5.11 Å². The van der Waals surface area contributed by atoms with Crippen molar-refractivity contribution in [2.45, 2.75) is 44.8 Å². The number of nitrogens with zero attached hydrogens (tertiary/aromatic N) is 1. The summed E-state index contributed by atoms with van der Waals surface area (Å²) in [7, 11) is 0. The topological polar surface area (TPSA) is 35.5 Å². The summed E-state index contributed by atoms with van der Waals surface area (Å²) in [6.45, 7) is 4.44. The number of rotatable bonds is 5. The average molecular weight is 339 g/mol. The van der Waals surface area contributed by atoms with Crippen molar-refractivity contribution in [3.63, 3.8) is 0 Å². The number of nitrogens with one attached hydrogen (secondary N) is 1. The number of halogens is 1. The number of benzene rings is 1. The zero-order valence-electron chi connectivity index (χ0n) is 12.0. The molecule has 2 N–H and O–H groups in total. The molecule has 4 heteroatoms. The van der Waals surface area contributed by atoms with E-state index >= 15 is 0 Å². The molecule has 1 aliphatic carbocycles. The molecule has 0 radical (unpaired) electrons. The third-order valence-electron chi connectivity index (χ3n) is 4.56. The van der Waals surface area contributed by atoms with E-state index in [1.54, 1.807) is 0 Å². The van der Waals surface area contributed by atoms with Gasteiger partial charge in [0, 0.05) is 23.6 Å². The second-order valence-corrected chi connectivity index (χ2v) is 7.00. The van der Waals surface area contributed by atoms with E-state index in [1.165, 1.54) is 24.1 Å². The molecule has 0 aromatic heterocycles. The summed E-state index contributed by atoms with van der Waals surface area (Å²) in [5.74, 6) is 0.558. The third kappa shape index (κ3) is 3.02. The van der Waals surface area contributed by atoms with Gasteiger partial charge < -0.3 is 15.3 Å². The van der Waals surface area contributed by atoms with Crippen LogP contribution in [0.4, 0.5) is 5.69 Å². The van der Waals surface area contributed by atoms with Crippen molar-refractivity contribution in [1.29, 1.82) is 0 Å². The molecule has 20 heavy (non-hydrogen) atoms. The molecule has 110 valence electrons. The van der Waals surface area contributed by atoms with E-state index in [0.717, 1.165) is 30.0 Å². The first kappa shape index (κ1) is 14.4. The quantitative estimate of drug-likeness (QED) is 0.866. The first-order valence-corrected chi connectivity index (χ1v) is 8.37. The maximum absolute atomic E-state index is 9.60. The van der Waals surface area contributed by atoms with Crippen LogP contribution < -0.4 is 10.2 Å². The zero-order chi connectivity index (χ0) is 14.1. The summed E-state index contributed by atoms with van der Waals surface area (Å²) in [6.07, 6.45) is 3.80. The van der Waals surface area contributed by atoms with Crippen LogP contribution >= 0.6 is 15.9 Å². The monoisotopic (exact) mass is 338 g/mol. The Kier molecular flexibility index (Phi) is 4.34. The largest absolute Gasteiger partial charge is 0.394 e. The SMILES string of the molecule is CC1CCN(c2ccc(CNC3CC3)cc2Br)C1CO. The first-order chi connectivity index (χ1) is 9.69. The molecule has 0 spiro atoms. The van der Waals surface area contributed by atoms with E-state index in [2.05, 4.69) is 51.3 Å². The number of hydrogen-bond acceptors (Lipinski definition) is 3. The highest BCUT2D eigenvalue weighted by Gasteiger charge is 2.31. The van der Waals surface area contributed by atoms with Gasteiger partial charge in [-0.25, -0.2) is 0 Å². The Labute approximate surface area is 129 Å². The fraction of sp³-hybridized carbons (Fsp3) is 0.625. The molecule has 1 aromatic rings. The smallest absolute Gasteiger partial charge is 0.0637 e. The molecule has 0 amide bonds. The van der Waals surface area contributed by atoms with Crippen molar-refractivity contribution in [2.75, 3.05) is 18.1 Å². The predicted octanol–water partition coefficient (Wildman–Crippen LogP) is 2.91. The molecular weight excluding hydrogens is 316 g/mol. The highest BCUT2D eigenvalue weighted by atomic mass is 79.9. The molecule has 0 bridgehead atoms. The summed E-state index contributed by atoms with van der Waals surface area (Å²) in [5.41, 5.74) is 2.53. The minimum Gasteiger partial charge on any atom is -0.394 e. The van der Waals surface area contributed by atoms with E-state index in [-0.39, 0.29) is 12.6 Å². The minimum absolute atomic E-state index is 0.235. The van der Waals surface area contributed by atoms with Crippen LogP contribution in [0, 0.1) is 5.92 Å². The van der Waals surface area contributed by atoms with Crippen LogP contribution in [-0.4, -0.2) is 30.3 Å². The second kappa shape index (κ2) is 6.04. The maximum Gasteiger partial charge on any atom is 0.0637 e. The highest BCUT2D eigenvalue weighted by Crippen LogP contribution is 2.35. The van der Waals surface area contributed by atoms with Crippen molar-refractivity contribution in [2.24, 2.45) is 5.92 Å². The Hall–Kier alpha value is -0.580. The van der Waals surface area contributed by atoms with Crippen LogP contribution in [-0.2, 0) is 6.54 Å². The van der Waals surface area contributed by atoms with Gasteiger partial charge in [0.05, 0.1) is 18.3 Å². The van der Waals surface area contributed by atoms with Gasteiger partial charge in [-0.3, -0.25) is 0 Å². The number of hydrogen-bond donors (Lipinski definition) is 2. The fourth-order valence-electron chi connectivity index (χ4n) is 3.03. The van der Waals surface area contributed by atoms with Crippen LogP contribution in [0.25, 0.3) is 0 Å². The van der Waals surface area contributed by atoms with E-state index in [9.17, 15) is 5.11 Å². The van der Waals surface area contributed by atoms with E-state index in [0.29, 0.717) is 5.92 Å². The molecule has 3 rings (SSSR count). The number of aliphatic hydroxyl groups is 1. The maximum atomic E-state index is 9.60. The summed E-state index contributed by atoms with van der Waals surface area (Å²) >= 11 is 3.71. The van der Waals surface area contributed by atoms with Crippen LogP contribution in [0.15, 0.2) is 22.7 Å². The van der Waals surface area contributed by atoms with Gasteiger partial charge in [-0.1, -0.05) is 13.0 Å². The van der Waals surface area contributed by atoms with E-state index < -0.39 is 0 Å². The molecule has 1 saturated heterocycles. The van der Waals surface area contributed by atoms with Crippen molar-refractivity contribution in [1.82, 2.24) is 5.32 Å². The van der Waals surface area contributed by atoms with Gasteiger partial charge in [0.15, 0.2) is 0 Å². The summed E-state index contributed by atoms with van der Waals surface area (Å²) in [5, 5.41) is 13.1. The molecular formula is C16H23BrN2O. The molecule has 2 unspecified atom stereocenters. The standard InChI is InChI=1S/C16H23BrN2O/c1-11-6-7-19(16(11)10-20)15-5-2-12(8-14(15)17)9-18-13-3-4-13/h2,5,8,11,13,16,18,20H,3-4,6-7,9-10H2,1H3. The van der Waals surface area contributed by atoms with E-state index in [1.807, 2.05) is 0 Å². The Morgan fingerprint density at radius 2 is 2.15 bits per heavy atom. The van der Waals surface area contributed by atoms with Crippen LogP contribution in [0.3, 0.4) is 0 Å². The summed E-state index contributed by atoms with van der Waals surface area (Å²) < 4.78 is 1.14. The lowest BCUT2D eigenvalue weighted by atomic mass is 10.0. The molecule has 2 aliphatic rings. The van der Waals surface area contributed by atoms with Gasteiger partial charge in [-0.2, -0.15) is 0 Å². The number of aliphatic hydroxyl groups excluding tert-OH is 1. The Morgan fingerprint density at radius 3 is 2.80 bits per heavy atom. The Bertz CT molecular complexity index is 476. The van der Waals surface area contributed by atoms with Gasteiger partial charge in [0.25, 0.3) is 0 Å². The molecule has 2 atom stereocenters. The number of anilines is 1. The van der Waals surface area contributed by atoms with Crippen LogP contribution in [0.5, 0.6) is 0 Å². The van der Waals surface area contributed by atoms with Crippen molar-refractivity contribution >= 4 is 21.6 Å². The summed E-state index contributed by atoms with van der Waals surface area (Å²) in [6, 6.07) is 7.59. The predicted molar refractivity (Wildman–Crippen MR) is 86.0 cm³/mol. The first-order valence-electron chi connectivity index (χ1n) is 7.58. The lowest BCUT2D eigenvalue weighted by Crippen LogP contribution is -2.35. The molecule has 1 heterocycles. The molecule has 1 aromatic carbocycles. The second-order valence-electron chi connectivity index (χ2n) is 6.15. The highest BCUT2D eigenvalue weighted by molar-refractivity contribution is 9.10. The van der Waals surface area contributed by atoms with Crippen molar-refractivity contribution in [3.8, 4) is 0 Å². The van der Waals surface area contributed by atoms with Gasteiger partial charge in [0.2, 0.25) is 0 Å². The lowest BCUT2D eigenvalue weighted by molar-refractivity contribution is 0.244.